The van der Waals surface area contributed by atoms with Crippen molar-refractivity contribution in [1.82, 2.24) is 30.3 Å². The minimum Gasteiger partial charge on any atom is -0.369 e. The first-order chi connectivity index (χ1) is 18.7. The lowest BCUT2D eigenvalue weighted by Gasteiger charge is -2.05. The van der Waals surface area contributed by atoms with Crippen LogP contribution in [0.1, 0.15) is 127 Å². The van der Waals surface area contributed by atoms with Crippen LogP contribution in [0.2, 0.25) is 0 Å². The van der Waals surface area contributed by atoms with Crippen molar-refractivity contribution in [1.29, 1.82) is 0 Å². The van der Waals surface area contributed by atoms with Crippen LogP contribution in [0.4, 0.5) is 5.95 Å². The number of H-pyrrole nitrogens is 1. The van der Waals surface area contributed by atoms with Crippen LogP contribution < -0.4 is 11.1 Å². The Balaban J connectivity index is 1.36. The Hall–Kier alpha value is -2.64. The van der Waals surface area contributed by atoms with Crippen molar-refractivity contribution in [2.24, 2.45) is 0 Å². The Bertz CT molecular complexity index is 874. The Morgan fingerprint density at radius 3 is 2.21 bits per heavy atom. The molecule has 8 heteroatoms. The zero-order chi connectivity index (χ0) is 27.1. The van der Waals surface area contributed by atoms with Gasteiger partial charge in [0.25, 0.3) is 0 Å². The second kappa shape index (κ2) is 21.3. The molecule has 214 valence electrons. The van der Waals surface area contributed by atoms with E-state index in [1.165, 1.54) is 70.6 Å². The van der Waals surface area contributed by atoms with E-state index in [2.05, 4.69) is 44.7 Å². The summed E-state index contributed by atoms with van der Waals surface area (Å²) in [6, 6.07) is 0. The number of nitrogen functional groups attached to an aromatic ring is 1. The van der Waals surface area contributed by atoms with Gasteiger partial charge in [-0.05, 0) is 57.8 Å². The third-order valence-corrected chi connectivity index (χ3v) is 6.93. The van der Waals surface area contributed by atoms with E-state index in [0.29, 0.717) is 25.5 Å². The van der Waals surface area contributed by atoms with Crippen LogP contribution in [0.5, 0.6) is 0 Å². The number of allylic oxidation sites excluding steroid dienone is 2. The average molecular weight is 528 g/mol. The average Bonchev–Trinajstić information content (AvgIpc) is 3.54. The van der Waals surface area contributed by atoms with Gasteiger partial charge in [-0.1, -0.05) is 82.1 Å². The summed E-state index contributed by atoms with van der Waals surface area (Å²) in [6.45, 7) is 3.52. The molecule has 0 bridgehead atoms. The van der Waals surface area contributed by atoms with Gasteiger partial charge >= 0.3 is 0 Å². The molecule has 8 nitrogen and oxygen atoms in total. The molecule has 2 rings (SSSR count). The molecule has 0 saturated carbocycles. The second-order valence-electron chi connectivity index (χ2n) is 10.5. The van der Waals surface area contributed by atoms with Gasteiger partial charge in [0.05, 0.1) is 17.9 Å². The number of hydrogen-bond donors (Lipinski definition) is 3. The van der Waals surface area contributed by atoms with Crippen LogP contribution in [-0.2, 0) is 24.2 Å². The van der Waals surface area contributed by atoms with Crippen molar-refractivity contribution in [2.45, 2.75) is 135 Å². The highest BCUT2D eigenvalue weighted by atomic mass is 16.1. The molecule has 1 amide bonds. The summed E-state index contributed by atoms with van der Waals surface area (Å²) in [5.74, 6) is 0.623. The van der Waals surface area contributed by atoms with Crippen LogP contribution in [0.15, 0.2) is 24.5 Å². The molecule has 0 fully saturated rings. The van der Waals surface area contributed by atoms with E-state index in [1.54, 1.807) is 0 Å². The molecule has 38 heavy (non-hydrogen) atoms. The molecular formula is C30H53N7O. The highest BCUT2D eigenvalue weighted by Gasteiger charge is 2.04. The molecule has 2 heterocycles. The molecule has 2 aromatic rings. The predicted octanol–water partition coefficient (Wildman–Crippen LogP) is 6.69. The molecule has 4 N–H and O–H groups in total. The highest BCUT2D eigenvalue weighted by Crippen LogP contribution is 2.10. The van der Waals surface area contributed by atoms with Gasteiger partial charge < -0.3 is 16.0 Å². The number of nitrogens with zero attached hydrogens (tertiary/aromatic N) is 4. The number of nitrogens with two attached hydrogens (primary N) is 1. The van der Waals surface area contributed by atoms with Crippen molar-refractivity contribution >= 4 is 11.9 Å². The fourth-order valence-electron chi connectivity index (χ4n) is 4.61. The number of hydrogen-bond acceptors (Lipinski definition) is 5. The first kappa shape index (κ1) is 31.6. The van der Waals surface area contributed by atoms with Gasteiger partial charge in [-0.15, -0.1) is 5.10 Å². The van der Waals surface area contributed by atoms with E-state index in [1.807, 2.05) is 17.1 Å². The third-order valence-electron chi connectivity index (χ3n) is 6.93. The normalized spacial score (nSPS) is 11.5. The van der Waals surface area contributed by atoms with Gasteiger partial charge in [-0.2, -0.15) is 0 Å². The maximum Gasteiger partial charge on any atom is 0.220 e. The summed E-state index contributed by atoms with van der Waals surface area (Å²) < 4.78 is 1.82. The minimum absolute atomic E-state index is 0.140. The van der Waals surface area contributed by atoms with Crippen molar-refractivity contribution < 1.29 is 4.79 Å². The molecule has 0 saturated heterocycles. The standard InChI is InChI=1S/C30H53N7O/c1-2-3-4-5-6-7-8-9-10-11-12-13-14-15-19-22-29(38)32-23-24-37-26-28(35-36-37)21-18-16-17-20-27-25-33-30(31)34-27/h9-10,25-26H,2-8,11-24H2,1H3,(H,32,38)(H3,31,33,34)/b10-9-. The van der Waals surface area contributed by atoms with Crippen LogP contribution in [0.3, 0.4) is 0 Å². The summed E-state index contributed by atoms with van der Waals surface area (Å²) in [4.78, 5) is 19.2. The monoisotopic (exact) mass is 527 g/mol. The number of imidazole rings is 1. The molecule has 0 atom stereocenters. The van der Waals surface area contributed by atoms with Gasteiger partial charge in [0.15, 0.2) is 5.95 Å². The van der Waals surface area contributed by atoms with Crippen LogP contribution in [0, 0.1) is 0 Å². The van der Waals surface area contributed by atoms with E-state index in [0.717, 1.165) is 56.3 Å². The summed E-state index contributed by atoms with van der Waals surface area (Å²) in [5, 5.41) is 11.5. The van der Waals surface area contributed by atoms with Gasteiger partial charge in [0.2, 0.25) is 5.91 Å². The number of amides is 1. The number of rotatable bonds is 24. The van der Waals surface area contributed by atoms with Crippen molar-refractivity contribution in [3.8, 4) is 0 Å². The van der Waals surface area contributed by atoms with E-state index in [9.17, 15) is 4.79 Å². The predicted molar refractivity (Wildman–Crippen MR) is 157 cm³/mol. The lowest BCUT2D eigenvalue weighted by molar-refractivity contribution is -0.121. The molecule has 0 aliphatic carbocycles. The molecule has 2 aromatic heterocycles. The number of anilines is 1. The quantitative estimate of drug-likeness (QED) is 0.104. The van der Waals surface area contributed by atoms with Crippen LogP contribution >= 0.6 is 0 Å². The van der Waals surface area contributed by atoms with Gasteiger partial charge in [0.1, 0.15) is 0 Å². The fourth-order valence-corrected chi connectivity index (χ4v) is 4.61. The van der Waals surface area contributed by atoms with E-state index < -0.39 is 0 Å². The molecule has 0 radical (unpaired) electrons. The van der Waals surface area contributed by atoms with Gasteiger partial charge in [-0.3, -0.25) is 9.48 Å². The van der Waals surface area contributed by atoms with Crippen LogP contribution in [0.25, 0.3) is 0 Å². The van der Waals surface area contributed by atoms with E-state index in [-0.39, 0.29) is 5.91 Å². The molecule has 0 spiro atoms. The number of unbranched alkanes of at least 4 members (excludes halogenated alkanes) is 13. The Kier molecular flexibility index (Phi) is 17.7. The lowest BCUT2D eigenvalue weighted by atomic mass is 10.1. The first-order valence-corrected chi connectivity index (χ1v) is 15.3. The van der Waals surface area contributed by atoms with Crippen molar-refractivity contribution in [2.75, 3.05) is 12.3 Å². The Morgan fingerprint density at radius 2 is 1.53 bits per heavy atom. The van der Waals surface area contributed by atoms with Gasteiger partial charge in [-0.25, -0.2) is 4.98 Å². The summed E-state index contributed by atoms with van der Waals surface area (Å²) in [5.41, 5.74) is 7.63. The number of carbonyl (C=O) groups excluding carboxylic acids is 1. The topological polar surface area (TPSA) is 115 Å². The Morgan fingerprint density at radius 1 is 0.895 bits per heavy atom. The van der Waals surface area contributed by atoms with E-state index >= 15 is 0 Å². The van der Waals surface area contributed by atoms with Crippen LogP contribution in [-0.4, -0.2) is 37.4 Å². The van der Waals surface area contributed by atoms with Crippen molar-refractivity contribution in [3.05, 3.63) is 35.9 Å². The smallest absolute Gasteiger partial charge is 0.220 e. The number of aromatic nitrogens is 5. The maximum atomic E-state index is 12.1. The van der Waals surface area contributed by atoms with E-state index in [4.69, 9.17) is 5.73 Å². The highest BCUT2D eigenvalue weighted by molar-refractivity contribution is 5.75. The van der Waals surface area contributed by atoms with Crippen molar-refractivity contribution in [3.63, 3.8) is 0 Å². The first-order valence-electron chi connectivity index (χ1n) is 15.3. The maximum absolute atomic E-state index is 12.1. The van der Waals surface area contributed by atoms with Gasteiger partial charge in [0, 0.05) is 25.4 Å². The molecule has 0 aliphatic heterocycles. The SMILES string of the molecule is CCCCCCCC/C=C\CCCCCCCC(=O)NCCn1cc(CCCCCc2c[nH]c(N)n2)nn1. The Labute approximate surface area is 230 Å². The third kappa shape index (κ3) is 16.3. The number of aromatic amines is 1. The fraction of sp³-hybridized carbons (Fsp3) is 0.733. The molecule has 0 aromatic carbocycles. The number of aryl methyl sites for hydroxylation is 2. The summed E-state index contributed by atoms with van der Waals surface area (Å²) >= 11 is 0. The lowest BCUT2D eigenvalue weighted by Crippen LogP contribution is -2.27. The zero-order valence-electron chi connectivity index (χ0n) is 23.9. The number of nitrogens with one attached hydrogen (secondary N) is 2. The second-order valence-corrected chi connectivity index (χ2v) is 10.5. The molecule has 0 aliphatic rings. The molecular weight excluding hydrogens is 474 g/mol. The molecule has 0 unspecified atom stereocenters. The number of carbonyl (C=O) groups is 1. The zero-order valence-corrected chi connectivity index (χ0v) is 23.9. The minimum atomic E-state index is 0.140. The summed E-state index contributed by atoms with van der Waals surface area (Å²) in [6.07, 6.45) is 30.9. The largest absolute Gasteiger partial charge is 0.369 e. The summed E-state index contributed by atoms with van der Waals surface area (Å²) in [7, 11) is 0.